The number of hydrogen-bond acceptors (Lipinski definition) is 2. The van der Waals surface area contributed by atoms with Crippen LogP contribution in [0.1, 0.15) is 0 Å². The molecule has 0 N–H and O–H groups in total. The molecule has 0 spiro atoms. The van der Waals surface area contributed by atoms with Gasteiger partial charge in [-0.1, -0.05) is 0 Å². The topological polar surface area (TPSA) is 18.5 Å². The van der Waals surface area contributed by atoms with Gasteiger partial charge in [0.1, 0.15) is 0 Å². The maximum atomic E-state index is 6.45. The maximum absolute atomic E-state index is 6.45. The quantitative estimate of drug-likeness (QED) is 0.351. The molecule has 4 aromatic carbocycles. The van der Waals surface area contributed by atoms with Crippen molar-refractivity contribution in [3.8, 4) is 22.6 Å². The van der Waals surface area contributed by atoms with Gasteiger partial charge in [0.05, 0.1) is 0 Å². The number of fused-ring (bicyclic) bond motifs is 7. The van der Waals surface area contributed by atoms with Crippen LogP contribution in [-0.2, 0) is 0 Å². The van der Waals surface area contributed by atoms with Gasteiger partial charge in [0.2, 0.25) is 0 Å². The van der Waals surface area contributed by atoms with Gasteiger partial charge in [0, 0.05) is 0 Å². The van der Waals surface area contributed by atoms with Crippen LogP contribution in [0, 0.1) is 0 Å². The van der Waals surface area contributed by atoms with Gasteiger partial charge < -0.3 is 0 Å². The van der Waals surface area contributed by atoms with E-state index in [2.05, 4.69) is 79.4 Å². The third-order valence-corrected chi connectivity index (χ3v) is 9.91. The van der Waals surface area contributed by atoms with Gasteiger partial charge >= 0.3 is 162 Å². The zero-order valence-corrected chi connectivity index (χ0v) is 17.6. The molecule has 26 heavy (non-hydrogen) atoms. The fourth-order valence-electron chi connectivity index (χ4n) is 3.75. The SMILES string of the molecule is C=C[CH2][In]1[O]c2ccc3ccccc3c2-c2c(ccc3ccccc23)[O]1. The summed E-state index contributed by atoms with van der Waals surface area (Å²) in [5.41, 5.74) is 2.30. The van der Waals surface area contributed by atoms with Crippen LogP contribution < -0.4 is 5.71 Å². The Kier molecular flexibility index (Phi) is 3.90. The van der Waals surface area contributed by atoms with Crippen molar-refractivity contribution in [2.24, 2.45) is 0 Å². The molecule has 0 fully saturated rings. The van der Waals surface area contributed by atoms with Crippen LogP contribution in [-0.4, -0.2) is 22.3 Å². The Morgan fingerprint density at radius 1 is 0.692 bits per heavy atom. The van der Waals surface area contributed by atoms with E-state index in [9.17, 15) is 0 Å². The molecule has 0 saturated heterocycles. The van der Waals surface area contributed by atoms with Crippen LogP contribution in [0.25, 0.3) is 32.7 Å². The van der Waals surface area contributed by atoms with E-state index in [1.807, 2.05) is 6.08 Å². The van der Waals surface area contributed by atoms with Crippen LogP contribution in [0.2, 0.25) is 4.18 Å². The van der Waals surface area contributed by atoms with Crippen molar-refractivity contribution in [1.29, 1.82) is 0 Å². The Labute approximate surface area is 161 Å². The van der Waals surface area contributed by atoms with Crippen LogP contribution in [0.15, 0.2) is 85.5 Å². The Bertz CT molecular complexity index is 1060. The monoisotopic (exact) mass is 440 g/mol. The summed E-state index contributed by atoms with van der Waals surface area (Å²) in [6.07, 6.45) is 1.92. The summed E-state index contributed by atoms with van der Waals surface area (Å²) >= 11 is -2.71. The normalized spacial score (nSPS) is 12.7. The molecule has 5 rings (SSSR count). The first-order valence-corrected chi connectivity index (χ1v) is 13.9. The van der Waals surface area contributed by atoms with Gasteiger partial charge in [0.15, 0.2) is 0 Å². The second-order valence-electron chi connectivity index (χ2n) is 6.51. The van der Waals surface area contributed by atoms with E-state index in [0.717, 1.165) is 26.8 Å². The van der Waals surface area contributed by atoms with Crippen LogP contribution in [0.3, 0.4) is 0 Å². The van der Waals surface area contributed by atoms with Crippen LogP contribution in [0.5, 0.6) is 11.5 Å². The first-order valence-electron chi connectivity index (χ1n) is 8.83. The first kappa shape index (κ1) is 15.8. The molecule has 124 valence electrons. The predicted octanol–water partition coefficient (Wildman–Crippen LogP) is 6.11. The Morgan fingerprint density at radius 3 is 1.69 bits per heavy atom. The Morgan fingerprint density at radius 2 is 1.19 bits per heavy atom. The number of hydrogen-bond donors (Lipinski definition) is 0. The summed E-state index contributed by atoms with van der Waals surface area (Å²) in [5.74, 6) is 1.89. The zero-order valence-electron chi connectivity index (χ0n) is 14.3. The molecular weight excluding hydrogens is 423 g/mol. The molecule has 0 atom stereocenters. The summed E-state index contributed by atoms with van der Waals surface area (Å²) in [4.78, 5) is 0. The third kappa shape index (κ3) is 2.50. The number of allylic oxidation sites excluding steroid dienone is 1. The number of benzene rings is 4. The second-order valence-corrected chi connectivity index (χ2v) is 11.7. The average Bonchev–Trinajstić information content (AvgIpc) is 2.84. The molecular formula is C23H17InO2. The molecule has 1 heterocycles. The Hall–Kier alpha value is -2.39. The van der Waals surface area contributed by atoms with Gasteiger partial charge in [-0.3, -0.25) is 0 Å². The van der Waals surface area contributed by atoms with E-state index in [4.69, 9.17) is 5.71 Å². The minimum absolute atomic E-state index is 0.834. The zero-order chi connectivity index (χ0) is 17.5. The second kappa shape index (κ2) is 6.40. The summed E-state index contributed by atoms with van der Waals surface area (Å²) in [6, 6.07) is 25.5. The molecule has 3 heteroatoms. The van der Waals surface area contributed by atoms with Crippen molar-refractivity contribution < 1.29 is 5.71 Å². The van der Waals surface area contributed by atoms with Crippen molar-refractivity contribution >= 4 is 43.9 Å². The first-order chi connectivity index (χ1) is 12.8. The fourth-order valence-corrected chi connectivity index (χ4v) is 7.96. The molecule has 0 unspecified atom stereocenters. The molecule has 0 aromatic heterocycles. The van der Waals surface area contributed by atoms with Gasteiger partial charge in [-0.15, -0.1) is 0 Å². The summed E-state index contributed by atoms with van der Waals surface area (Å²) in [7, 11) is 0. The van der Waals surface area contributed by atoms with Gasteiger partial charge in [-0.05, 0) is 0 Å². The minimum atomic E-state index is -2.71. The molecule has 4 aromatic rings. The molecule has 0 aliphatic carbocycles. The van der Waals surface area contributed by atoms with E-state index in [1.54, 1.807) is 0 Å². The van der Waals surface area contributed by atoms with E-state index in [-0.39, 0.29) is 0 Å². The van der Waals surface area contributed by atoms with Crippen molar-refractivity contribution in [2.75, 3.05) is 0 Å². The molecule has 2 nitrogen and oxygen atoms in total. The molecule has 1 aliphatic heterocycles. The van der Waals surface area contributed by atoms with E-state index in [0.29, 0.717) is 0 Å². The summed E-state index contributed by atoms with van der Waals surface area (Å²) in [6.45, 7) is 3.89. The molecule has 0 amide bonds. The van der Waals surface area contributed by atoms with Gasteiger partial charge in [-0.2, -0.15) is 0 Å². The Balaban J connectivity index is 1.92. The standard InChI is InChI=1S/C20H14O2.C3H5.In/c21-17-11-9-13-5-1-3-7-15(13)19(17)20-16-8-4-2-6-14(16)10-12-18(20)22;1-3-2;/h1-12,21-22H;3H,1-2H2;/q;;+2/p-2. The van der Waals surface area contributed by atoms with Gasteiger partial charge in [-0.25, -0.2) is 0 Å². The summed E-state index contributed by atoms with van der Waals surface area (Å²) in [5, 5.41) is 4.84. The van der Waals surface area contributed by atoms with Crippen LogP contribution in [0.4, 0.5) is 0 Å². The molecule has 0 bridgehead atoms. The fraction of sp³-hybridized carbons (Fsp3) is 0.0435. The average molecular weight is 440 g/mol. The van der Waals surface area contributed by atoms with E-state index >= 15 is 0 Å². The van der Waals surface area contributed by atoms with Gasteiger partial charge in [0.25, 0.3) is 0 Å². The van der Waals surface area contributed by atoms with Crippen molar-refractivity contribution in [3.63, 3.8) is 0 Å². The summed E-state index contributed by atoms with van der Waals surface area (Å²) < 4.78 is 13.7. The molecule has 0 radical (unpaired) electrons. The van der Waals surface area contributed by atoms with E-state index in [1.165, 1.54) is 21.5 Å². The molecule has 0 saturated carbocycles. The predicted molar refractivity (Wildman–Crippen MR) is 109 cm³/mol. The number of rotatable bonds is 2. The van der Waals surface area contributed by atoms with Crippen LogP contribution >= 0.6 is 0 Å². The van der Waals surface area contributed by atoms with Crippen molar-refractivity contribution in [3.05, 3.63) is 85.5 Å². The van der Waals surface area contributed by atoms with E-state index < -0.39 is 22.3 Å². The van der Waals surface area contributed by atoms with Crippen molar-refractivity contribution in [2.45, 2.75) is 4.18 Å². The third-order valence-electron chi connectivity index (χ3n) is 4.91. The molecule has 1 aliphatic rings. The van der Waals surface area contributed by atoms with Crippen molar-refractivity contribution in [1.82, 2.24) is 0 Å².